The Morgan fingerprint density at radius 3 is 2.28 bits per heavy atom. The number of carbonyl (C=O) groups is 1. The van der Waals surface area contributed by atoms with Gasteiger partial charge >= 0.3 is 0 Å². The first kappa shape index (κ1) is 14.5. The molecule has 100 valence electrons. The molecule has 0 aliphatic rings. The Morgan fingerprint density at radius 2 is 1.72 bits per heavy atom. The van der Waals surface area contributed by atoms with Gasteiger partial charge in [-0.15, -0.1) is 0 Å². The number of benzene rings is 1. The zero-order valence-corrected chi connectivity index (χ0v) is 11.5. The lowest BCUT2D eigenvalue weighted by molar-refractivity contribution is -0.118. The van der Waals surface area contributed by atoms with Crippen molar-refractivity contribution in [1.29, 1.82) is 0 Å². The van der Waals surface area contributed by atoms with Crippen molar-refractivity contribution >= 4 is 17.3 Å². The standard InChI is InChI=1S/C14H23N3O/c1-16(2)11-5-4-6-14(18)17(3)13-9-7-12(15)8-10-13/h7-10H,4-6,11,15H2,1-3H3. The normalized spacial score (nSPS) is 10.7. The number of nitrogens with zero attached hydrogens (tertiary/aromatic N) is 2. The predicted octanol–water partition coefficient (Wildman–Crippen LogP) is 1.96. The molecule has 18 heavy (non-hydrogen) atoms. The maximum absolute atomic E-state index is 12.0. The van der Waals surface area contributed by atoms with E-state index in [1.165, 1.54) is 0 Å². The molecule has 1 amide bonds. The van der Waals surface area contributed by atoms with Gasteiger partial charge in [0.1, 0.15) is 0 Å². The minimum atomic E-state index is 0.151. The average Bonchev–Trinajstić information content (AvgIpc) is 2.34. The van der Waals surface area contributed by atoms with Crippen LogP contribution in [0.2, 0.25) is 0 Å². The van der Waals surface area contributed by atoms with Gasteiger partial charge in [-0.3, -0.25) is 4.79 Å². The third-order valence-corrected chi connectivity index (χ3v) is 2.90. The molecule has 1 aromatic carbocycles. The molecule has 0 fully saturated rings. The molecule has 4 nitrogen and oxygen atoms in total. The highest BCUT2D eigenvalue weighted by atomic mass is 16.2. The summed E-state index contributed by atoms with van der Waals surface area (Å²) in [7, 11) is 5.89. The number of rotatable bonds is 6. The summed E-state index contributed by atoms with van der Waals surface area (Å²) in [6, 6.07) is 7.36. The maximum Gasteiger partial charge on any atom is 0.226 e. The van der Waals surface area contributed by atoms with Crippen LogP contribution in [0.15, 0.2) is 24.3 Å². The zero-order valence-electron chi connectivity index (χ0n) is 11.5. The van der Waals surface area contributed by atoms with Crippen molar-refractivity contribution in [2.75, 3.05) is 38.3 Å². The Hall–Kier alpha value is -1.55. The number of nitrogen functional groups attached to an aromatic ring is 1. The summed E-state index contributed by atoms with van der Waals surface area (Å²) >= 11 is 0. The molecular weight excluding hydrogens is 226 g/mol. The molecule has 0 radical (unpaired) electrons. The van der Waals surface area contributed by atoms with Gasteiger partial charge in [-0.1, -0.05) is 0 Å². The van der Waals surface area contributed by atoms with Crippen molar-refractivity contribution in [2.45, 2.75) is 19.3 Å². The van der Waals surface area contributed by atoms with Crippen LogP contribution in [0.3, 0.4) is 0 Å². The van der Waals surface area contributed by atoms with Gasteiger partial charge in [-0.25, -0.2) is 0 Å². The largest absolute Gasteiger partial charge is 0.399 e. The third-order valence-electron chi connectivity index (χ3n) is 2.90. The number of anilines is 2. The lowest BCUT2D eigenvalue weighted by Gasteiger charge is -2.17. The van der Waals surface area contributed by atoms with Crippen molar-refractivity contribution in [1.82, 2.24) is 4.90 Å². The molecule has 1 rings (SSSR count). The number of hydrogen-bond donors (Lipinski definition) is 1. The van der Waals surface area contributed by atoms with Crippen LogP contribution in [-0.2, 0) is 4.79 Å². The van der Waals surface area contributed by atoms with Crippen molar-refractivity contribution < 1.29 is 4.79 Å². The fraction of sp³-hybridized carbons (Fsp3) is 0.500. The molecule has 0 aliphatic heterocycles. The van der Waals surface area contributed by atoms with Crippen molar-refractivity contribution in [3.63, 3.8) is 0 Å². The topological polar surface area (TPSA) is 49.6 Å². The Bertz CT molecular complexity index is 373. The Kier molecular flexibility index (Phi) is 5.65. The fourth-order valence-corrected chi connectivity index (χ4v) is 1.71. The fourth-order valence-electron chi connectivity index (χ4n) is 1.71. The number of unbranched alkanes of at least 4 members (excludes halogenated alkanes) is 1. The summed E-state index contributed by atoms with van der Waals surface area (Å²) in [5.74, 6) is 0.151. The highest BCUT2D eigenvalue weighted by molar-refractivity contribution is 5.92. The summed E-state index contributed by atoms with van der Waals surface area (Å²) in [4.78, 5) is 15.8. The molecule has 0 spiro atoms. The second-order valence-electron chi connectivity index (χ2n) is 4.80. The van der Waals surface area contributed by atoms with E-state index in [1.54, 1.807) is 11.9 Å². The van der Waals surface area contributed by atoms with E-state index in [9.17, 15) is 4.79 Å². The molecule has 0 atom stereocenters. The molecule has 0 bridgehead atoms. The van der Waals surface area contributed by atoms with E-state index >= 15 is 0 Å². The first-order valence-corrected chi connectivity index (χ1v) is 6.27. The van der Waals surface area contributed by atoms with E-state index in [-0.39, 0.29) is 5.91 Å². The van der Waals surface area contributed by atoms with Gasteiger partial charge < -0.3 is 15.5 Å². The molecule has 0 heterocycles. The predicted molar refractivity (Wildman–Crippen MR) is 76.7 cm³/mol. The second-order valence-corrected chi connectivity index (χ2v) is 4.80. The monoisotopic (exact) mass is 249 g/mol. The van der Waals surface area contributed by atoms with E-state index in [2.05, 4.69) is 4.90 Å². The summed E-state index contributed by atoms with van der Waals surface area (Å²) in [5, 5.41) is 0. The van der Waals surface area contributed by atoms with Crippen LogP contribution in [0.5, 0.6) is 0 Å². The van der Waals surface area contributed by atoms with Crippen LogP contribution in [0.1, 0.15) is 19.3 Å². The lowest BCUT2D eigenvalue weighted by Crippen LogP contribution is -2.26. The minimum Gasteiger partial charge on any atom is -0.399 e. The highest BCUT2D eigenvalue weighted by Crippen LogP contribution is 2.16. The molecule has 4 heteroatoms. The van der Waals surface area contributed by atoms with Gasteiger partial charge in [0.15, 0.2) is 0 Å². The van der Waals surface area contributed by atoms with Gasteiger partial charge in [-0.2, -0.15) is 0 Å². The SMILES string of the molecule is CN(C)CCCCC(=O)N(C)c1ccc(N)cc1. The number of hydrogen-bond acceptors (Lipinski definition) is 3. The summed E-state index contributed by atoms with van der Waals surface area (Å²) in [6.07, 6.45) is 2.57. The van der Waals surface area contributed by atoms with Crippen molar-refractivity contribution in [2.24, 2.45) is 0 Å². The van der Waals surface area contributed by atoms with Gasteiger partial charge in [0, 0.05) is 24.8 Å². The summed E-state index contributed by atoms with van der Waals surface area (Å²) < 4.78 is 0. The lowest BCUT2D eigenvalue weighted by atomic mass is 10.2. The summed E-state index contributed by atoms with van der Waals surface area (Å²) in [6.45, 7) is 1.03. The van der Waals surface area contributed by atoms with Crippen LogP contribution in [0, 0.1) is 0 Å². The van der Waals surface area contributed by atoms with E-state index < -0.39 is 0 Å². The van der Waals surface area contributed by atoms with E-state index in [4.69, 9.17) is 5.73 Å². The van der Waals surface area contributed by atoms with Gasteiger partial charge in [0.25, 0.3) is 0 Å². The Balaban J connectivity index is 2.39. The Morgan fingerprint density at radius 1 is 1.11 bits per heavy atom. The van der Waals surface area contributed by atoms with Crippen LogP contribution >= 0.6 is 0 Å². The van der Waals surface area contributed by atoms with Crippen molar-refractivity contribution in [3.8, 4) is 0 Å². The highest BCUT2D eigenvalue weighted by Gasteiger charge is 2.10. The smallest absolute Gasteiger partial charge is 0.226 e. The van der Waals surface area contributed by atoms with Crippen LogP contribution in [0.25, 0.3) is 0 Å². The Labute approximate surface area is 109 Å². The van der Waals surface area contributed by atoms with Crippen molar-refractivity contribution in [3.05, 3.63) is 24.3 Å². The quantitative estimate of drug-likeness (QED) is 0.619. The number of amides is 1. The molecule has 0 unspecified atom stereocenters. The maximum atomic E-state index is 12.0. The molecule has 2 N–H and O–H groups in total. The molecule has 0 saturated heterocycles. The van der Waals surface area contributed by atoms with E-state index in [0.717, 1.165) is 25.1 Å². The number of carbonyl (C=O) groups excluding carboxylic acids is 1. The van der Waals surface area contributed by atoms with Gasteiger partial charge in [0.2, 0.25) is 5.91 Å². The molecule has 0 aliphatic carbocycles. The number of nitrogens with two attached hydrogens (primary N) is 1. The first-order valence-electron chi connectivity index (χ1n) is 6.27. The first-order chi connectivity index (χ1) is 8.50. The van der Waals surface area contributed by atoms with Crippen LogP contribution in [-0.4, -0.2) is 38.5 Å². The van der Waals surface area contributed by atoms with Gasteiger partial charge in [0.05, 0.1) is 0 Å². The molecule has 1 aromatic rings. The molecular formula is C14H23N3O. The molecule has 0 saturated carbocycles. The van der Waals surface area contributed by atoms with Crippen LogP contribution in [0.4, 0.5) is 11.4 Å². The van der Waals surface area contributed by atoms with Gasteiger partial charge in [-0.05, 0) is 57.7 Å². The third kappa shape index (κ3) is 4.75. The summed E-state index contributed by atoms with van der Waals surface area (Å²) in [5.41, 5.74) is 7.23. The average molecular weight is 249 g/mol. The van der Waals surface area contributed by atoms with E-state index in [1.807, 2.05) is 38.4 Å². The van der Waals surface area contributed by atoms with Crippen LogP contribution < -0.4 is 10.6 Å². The van der Waals surface area contributed by atoms with E-state index in [0.29, 0.717) is 12.1 Å². The second kappa shape index (κ2) is 7.01. The molecule has 0 aromatic heterocycles. The minimum absolute atomic E-state index is 0.151. The zero-order chi connectivity index (χ0) is 13.5.